The Kier molecular flexibility index (Phi) is 7.75. The minimum absolute atomic E-state index is 0.364. The van der Waals surface area contributed by atoms with E-state index in [0.29, 0.717) is 17.2 Å². The van der Waals surface area contributed by atoms with Crippen molar-refractivity contribution in [3.63, 3.8) is 0 Å². The molecule has 1 heterocycles. The lowest BCUT2D eigenvalue weighted by molar-refractivity contribution is 0.361. The van der Waals surface area contributed by atoms with E-state index in [1.54, 1.807) is 0 Å². The Hall–Kier alpha value is -9.18. The van der Waals surface area contributed by atoms with E-state index in [0.717, 1.165) is 39.5 Å². The van der Waals surface area contributed by atoms with Gasteiger partial charge in [0, 0.05) is 16.9 Å². The molecule has 0 aromatic heterocycles. The molecule has 0 radical (unpaired) electrons. The number of para-hydroxylation sites is 2. The molecule has 0 saturated carbocycles. The summed E-state index contributed by atoms with van der Waals surface area (Å²) >= 11 is 0. The monoisotopic (exact) mass is 903 g/mol. The second-order valence-corrected chi connectivity index (χ2v) is 19.4. The van der Waals surface area contributed by atoms with Crippen LogP contribution in [0.2, 0.25) is 0 Å². The number of ether oxygens (including phenoxy) is 2. The molecular formula is C68H41NO2. The molecule has 4 aliphatic carbocycles. The predicted molar refractivity (Wildman–Crippen MR) is 286 cm³/mol. The van der Waals surface area contributed by atoms with Crippen molar-refractivity contribution in [2.24, 2.45) is 0 Å². The zero-order valence-corrected chi connectivity index (χ0v) is 38.4. The van der Waals surface area contributed by atoms with Gasteiger partial charge in [-0.1, -0.05) is 200 Å². The lowest BCUT2D eigenvalue weighted by Crippen LogP contribution is -2.25. The van der Waals surface area contributed by atoms with Crippen molar-refractivity contribution in [1.29, 1.82) is 0 Å². The van der Waals surface area contributed by atoms with Gasteiger partial charge in [0.15, 0.2) is 23.0 Å². The first-order valence-corrected chi connectivity index (χ1v) is 24.6. The van der Waals surface area contributed by atoms with Gasteiger partial charge in [-0.2, -0.15) is 0 Å². The molecule has 0 bridgehead atoms. The lowest BCUT2D eigenvalue weighted by Gasteiger charge is -2.32. The second kappa shape index (κ2) is 14.2. The van der Waals surface area contributed by atoms with Crippen molar-refractivity contribution in [1.82, 2.24) is 0 Å². The minimum Gasteiger partial charge on any atom is -0.449 e. The summed E-state index contributed by atoms with van der Waals surface area (Å²) in [4.78, 5) is 2.29. The average molecular weight is 904 g/mol. The Morgan fingerprint density at radius 3 is 1.27 bits per heavy atom. The number of nitrogens with zero attached hydrogens (tertiary/aromatic N) is 1. The summed E-state index contributed by atoms with van der Waals surface area (Å²) in [5.41, 5.74) is 24.8. The molecule has 0 atom stereocenters. The molecule has 330 valence electrons. The van der Waals surface area contributed by atoms with Crippen molar-refractivity contribution in [3.05, 3.63) is 293 Å². The average Bonchev–Trinajstić information content (AvgIpc) is 4.13. The molecule has 0 fully saturated rings. The summed E-state index contributed by atoms with van der Waals surface area (Å²) in [6.45, 7) is 0. The molecule has 1 aliphatic heterocycles. The van der Waals surface area contributed by atoms with Gasteiger partial charge in [-0.25, -0.2) is 0 Å². The van der Waals surface area contributed by atoms with Crippen LogP contribution >= 0.6 is 0 Å². The third kappa shape index (κ3) is 4.92. The number of fused-ring (bicyclic) bond motifs is 23. The van der Waals surface area contributed by atoms with Gasteiger partial charge in [0.2, 0.25) is 0 Å². The molecule has 0 N–H and O–H groups in total. The molecule has 5 aliphatic rings. The van der Waals surface area contributed by atoms with Crippen molar-refractivity contribution < 1.29 is 9.47 Å². The Morgan fingerprint density at radius 2 is 0.690 bits per heavy atom. The van der Waals surface area contributed by atoms with Crippen molar-refractivity contribution in [3.8, 4) is 78.6 Å². The largest absolute Gasteiger partial charge is 0.449 e. The van der Waals surface area contributed by atoms with Gasteiger partial charge in [-0.05, 0) is 143 Å². The Morgan fingerprint density at radius 1 is 0.268 bits per heavy atom. The van der Waals surface area contributed by atoms with Crippen LogP contribution in [0.25, 0.3) is 55.6 Å². The summed E-state index contributed by atoms with van der Waals surface area (Å²) in [5, 5.41) is 0. The quantitative estimate of drug-likeness (QED) is 0.176. The number of hydrogen-bond acceptors (Lipinski definition) is 3. The van der Waals surface area contributed by atoms with Crippen molar-refractivity contribution >= 4 is 17.1 Å². The maximum atomic E-state index is 7.39. The van der Waals surface area contributed by atoms with E-state index in [1.807, 2.05) is 6.07 Å². The van der Waals surface area contributed by atoms with Crippen LogP contribution in [-0.2, 0) is 10.8 Å². The highest BCUT2D eigenvalue weighted by Crippen LogP contribution is 2.67. The Labute approximate surface area is 412 Å². The standard InChI is InChI=1S/C68H41NO2/c1-2-17-44(18-3-1)69(45-36-33-42(34-37-45)43-35-38-59-52(41-43)50-23-8-14-29-57(50)67(59)53-25-10-4-19-46(53)47-20-5-11-26-54(47)67)61-31-16-32-62-65(61)71-66-63(70-62)40-39-60-64(66)51-24-9-15-30-58(51)68(60)55-27-12-6-21-48(55)49-22-7-13-28-56(49)68/h1-41H. The van der Waals surface area contributed by atoms with Crippen LogP contribution < -0.4 is 14.4 Å². The zero-order chi connectivity index (χ0) is 46.4. The zero-order valence-electron chi connectivity index (χ0n) is 38.4. The van der Waals surface area contributed by atoms with Gasteiger partial charge in [0.25, 0.3) is 0 Å². The van der Waals surface area contributed by atoms with Crippen LogP contribution in [0.4, 0.5) is 17.1 Å². The van der Waals surface area contributed by atoms with E-state index in [-0.39, 0.29) is 5.41 Å². The maximum absolute atomic E-state index is 7.39. The van der Waals surface area contributed by atoms with Gasteiger partial charge in [0.1, 0.15) is 0 Å². The van der Waals surface area contributed by atoms with Gasteiger partial charge in [-0.15, -0.1) is 0 Å². The molecule has 0 amide bonds. The summed E-state index contributed by atoms with van der Waals surface area (Å²) in [5.74, 6) is 2.79. The minimum atomic E-state index is -0.494. The maximum Gasteiger partial charge on any atom is 0.194 e. The van der Waals surface area contributed by atoms with Gasteiger partial charge in [0.05, 0.1) is 16.5 Å². The van der Waals surface area contributed by atoms with Gasteiger partial charge < -0.3 is 14.4 Å². The van der Waals surface area contributed by atoms with Crippen molar-refractivity contribution in [2.45, 2.75) is 10.8 Å². The molecule has 71 heavy (non-hydrogen) atoms. The fraction of sp³-hybridized carbons (Fsp3) is 0.0294. The van der Waals surface area contributed by atoms with Crippen LogP contribution in [-0.4, -0.2) is 0 Å². The van der Waals surface area contributed by atoms with Crippen LogP contribution in [0, 0.1) is 0 Å². The first-order chi connectivity index (χ1) is 35.2. The van der Waals surface area contributed by atoms with E-state index < -0.39 is 5.41 Å². The number of benzene rings is 11. The predicted octanol–water partition coefficient (Wildman–Crippen LogP) is 17.4. The van der Waals surface area contributed by atoms with E-state index in [9.17, 15) is 0 Å². The highest BCUT2D eigenvalue weighted by Gasteiger charge is 2.54. The van der Waals surface area contributed by atoms with Crippen molar-refractivity contribution in [2.75, 3.05) is 4.90 Å². The highest BCUT2D eigenvalue weighted by molar-refractivity contribution is 5.99. The number of rotatable bonds is 4. The molecule has 11 aromatic carbocycles. The van der Waals surface area contributed by atoms with E-state index in [1.165, 1.54) is 83.5 Å². The molecule has 11 aromatic rings. The Bertz CT molecular complexity index is 3980. The summed E-state index contributed by atoms with van der Waals surface area (Å²) in [6, 6.07) is 90.9. The smallest absolute Gasteiger partial charge is 0.194 e. The van der Waals surface area contributed by atoms with Crippen LogP contribution in [0.15, 0.2) is 249 Å². The van der Waals surface area contributed by atoms with Gasteiger partial charge in [-0.3, -0.25) is 0 Å². The third-order valence-electron chi connectivity index (χ3n) is 16.2. The van der Waals surface area contributed by atoms with E-state index in [2.05, 4.69) is 248 Å². The molecule has 0 unspecified atom stereocenters. The first kappa shape index (κ1) is 38.8. The lowest BCUT2D eigenvalue weighted by atomic mass is 9.70. The fourth-order valence-electron chi connectivity index (χ4n) is 13.5. The molecule has 3 nitrogen and oxygen atoms in total. The highest BCUT2D eigenvalue weighted by atomic mass is 16.6. The first-order valence-electron chi connectivity index (χ1n) is 24.6. The summed E-state index contributed by atoms with van der Waals surface area (Å²) in [7, 11) is 0. The SMILES string of the molecule is c1ccc(N(c2ccc(-c3ccc4c(c3)-c3ccccc3C43c4ccccc4-c4ccccc43)cc2)c2cccc3c2Oc2c(ccc4c2-c2ccccc2C42c4ccccc4-c4ccccc42)O3)cc1. The molecular weight excluding hydrogens is 863 g/mol. The Balaban J connectivity index is 0.815. The fourth-order valence-corrected chi connectivity index (χ4v) is 13.5. The molecule has 16 rings (SSSR count). The van der Waals surface area contributed by atoms with Crippen LogP contribution in [0.3, 0.4) is 0 Å². The normalized spacial score (nSPS) is 14.4. The third-order valence-corrected chi connectivity index (χ3v) is 16.2. The van der Waals surface area contributed by atoms with Crippen LogP contribution in [0.5, 0.6) is 23.0 Å². The van der Waals surface area contributed by atoms with Crippen LogP contribution in [0.1, 0.15) is 44.5 Å². The number of anilines is 3. The second-order valence-electron chi connectivity index (χ2n) is 19.4. The van der Waals surface area contributed by atoms with E-state index in [4.69, 9.17) is 9.47 Å². The molecule has 0 saturated heterocycles. The summed E-state index contributed by atoms with van der Waals surface area (Å²) in [6.07, 6.45) is 0. The van der Waals surface area contributed by atoms with E-state index >= 15 is 0 Å². The number of hydrogen-bond donors (Lipinski definition) is 0. The topological polar surface area (TPSA) is 21.7 Å². The summed E-state index contributed by atoms with van der Waals surface area (Å²) < 4.78 is 14.3. The molecule has 3 heteroatoms. The molecule has 2 spiro atoms. The van der Waals surface area contributed by atoms with Gasteiger partial charge >= 0.3 is 0 Å².